The third kappa shape index (κ3) is 2.52. The van der Waals surface area contributed by atoms with Crippen molar-refractivity contribution in [3.8, 4) is 11.5 Å². The van der Waals surface area contributed by atoms with Crippen molar-refractivity contribution in [1.29, 1.82) is 0 Å². The maximum absolute atomic E-state index is 13.7. The lowest BCUT2D eigenvalue weighted by Gasteiger charge is -2.14. The number of rotatable bonds is 3. The largest absolute Gasteiger partial charge is 0.493 e. The molecule has 5 heteroatoms. The summed E-state index contributed by atoms with van der Waals surface area (Å²) in [4.78, 5) is 12.4. The van der Waals surface area contributed by atoms with E-state index in [0.29, 0.717) is 24.5 Å². The number of ether oxygens (including phenoxy) is 2. The Hall–Kier alpha value is -2.56. The van der Waals surface area contributed by atoms with E-state index in [1.54, 1.807) is 18.2 Å². The van der Waals surface area contributed by atoms with Crippen molar-refractivity contribution in [1.82, 2.24) is 0 Å². The van der Waals surface area contributed by atoms with Crippen LogP contribution in [0.15, 0.2) is 30.3 Å². The third-order valence-electron chi connectivity index (χ3n) is 4.22. The first-order valence-corrected chi connectivity index (χ1v) is 7.70. The predicted molar refractivity (Wildman–Crippen MR) is 83.6 cm³/mol. The number of carbonyl (C=O) groups excluding carboxylic acids is 1. The van der Waals surface area contributed by atoms with Gasteiger partial charge in [-0.15, -0.1) is 0 Å². The molecule has 118 valence electrons. The molecule has 1 amide bonds. The van der Waals surface area contributed by atoms with E-state index in [-0.39, 0.29) is 18.1 Å². The van der Waals surface area contributed by atoms with Gasteiger partial charge in [-0.25, -0.2) is 4.39 Å². The van der Waals surface area contributed by atoms with Crippen LogP contribution in [0, 0.1) is 5.82 Å². The molecule has 2 aromatic carbocycles. The first kappa shape index (κ1) is 14.1. The Morgan fingerprint density at radius 2 is 2.00 bits per heavy atom. The summed E-state index contributed by atoms with van der Waals surface area (Å²) in [6, 6.07) is 8.31. The number of amides is 1. The summed E-state index contributed by atoms with van der Waals surface area (Å²) in [6.45, 7) is 1.21. The highest BCUT2D eigenvalue weighted by Gasteiger charge is 2.27. The SMILES string of the molecule is O=C(Cc1ccccc1F)Nc1c2c(cc3c1OCC3)OCC2. The van der Waals surface area contributed by atoms with E-state index in [9.17, 15) is 9.18 Å². The smallest absolute Gasteiger partial charge is 0.229 e. The Labute approximate surface area is 133 Å². The summed E-state index contributed by atoms with van der Waals surface area (Å²) < 4.78 is 25.0. The summed E-state index contributed by atoms with van der Waals surface area (Å²) in [5.41, 5.74) is 3.08. The Bertz CT molecular complexity index is 756. The highest BCUT2D eigenvalue weighted by molar-refractivity contribution is 5.95. The van der Waals surface area contributed by atoms with Crippen LogP contribution >= 0.6 is 0 Å². The van der Waals surface area contributed by atoms with Crippen LogP contribution in [0.2, 0.25) is 0 Å². The maximum atomic E-state index is 13.7. The van der Waals surface area contributed by atoms with Crippen molar-refractivity contribution in [2.24, 2.45) is 0 Å². The Morgan fingerprint density at radius 3 is 2.87 bits per heavy atom. The lowest BCUT2D eigenvalue weighted by atomic mass is 10.0. The van der Waals surface area contributed by atoms with Gasteiger partial charge in [-0.2, -0.15) is 0 Å². The van der Waals surface area contributed by atoms with Crippen LogP contribution < -0.4 is 14.8 Å². The van der Waals surface area contributed by atoms with E-state index in [4.69, 9.17) is 9.47 Å². The first-order chi connectivity index (χ1) is 11.2. The highest BCUT2D eigenvalue weighted by Crippen LogP contribution is 2.44. The van der Waals surface area contributed by atoms with E-state index >= 15 is 0 Å². The molecule has 0 aromatic heterocycles. The highest BCUT2D eigenvalue weighted by atomic mass is 19.1. The molecule has 0 atom stereocenters. The Balaban J connectivity index is 1.62. The molecule has 2 aliphatic heterocycles. The van der Waals surface area contributed by atoms with Crippen LogP contribution in [-0.2, 0) is 24.1 Å². The van der Waals surface area contributed by atoms with Crippen LogP contribution in [0.1, 0.15) is 16.7 Å². The zero-order chi connectivity index (χ0) is 15.8. The summed E-state index contributed by atoms with van der Waals surface area (Å²) in [5.74, 6) is 0.922. The monoisotopic (exact) mass is 313 g/mol. The molecule has 23 heavy (non-hydrogen) atoms. The van der Waals surface area contributed by atoms with E-state index in [2.05, 4.69) is 5.32 Å². The molecule has 0 spiro atoms. The second kappa shape index (κ2) is 5.57. The van der Waals surface area contributed by atoms with Gasteiger partial charge >= 0.3 is 0 Å². The molecule has 0 radical (unpaired) electrons. The molecule has 2 aliphatic rings. The molecular weight excluding hydrogens is 297 g/mol. The van der Waals surface area contributed by atoms with Crippen LogP contribution in [0.25, 0.3) is 0 Å². The fourth-order valence-electron chi connectivity index (χ4n) is 3.12. The Kier molecular flexibility index (Phi) is 3.41. The van der Waals surface area contributed by atoms with Crippen molar-refractivity contribution < 1.29 is 18.7 Å². The van der Waals surface area contributed by atoms with Crippen LogP contribution in [0.3, 0.4) is 0 Å². The van der Waals surface area contributed by atoms with Crippen LogP contribution in [0.4, 0.5) is 10.1 Å². The molecule has 0 fully saturated rings. The molecule has 4 rings (SSSR count). The molecule has 2 heterocycles. The molecule has 0 saturated carbocycles. The van der Waals surface area contributed by atoms with Crippen molar-refractivity contribution in [3.05, 3.63) is 52.8 Å². The number of nitrogens with one attached hydrogen (secondary N) is 1. The average molecular weight is 313 g/mol. The predicted octanol–water partition coefficient (Wildman–Crippen LogP) is 2.88. The standard InChI is InChI=1S/C18H16FNO3/c19-14-4-2-1-3-11(14)10-16(21)20-17-13-6-8-22-15(13)9-12-5-7-23-18(12)17/h1-4,9H,5-8,10H2,(H,20,21). The van der Waals surface area contributed by atoms with Crippen LogP contribution in [0.5, 0.6) is 11.5 Å². The van der Waals surface area contributed by atoms with E-state index < -0.39 is 0 Å². The van der Waals surface area contributed by atoms with Gasteiger partial charge in [-0.1, -0.05) is 18.2 Å². The molecule has 0 bridgehead atoms. The summed E-state index contributed by atoms with van der Waals surface area (Å²) in [7, 11) is 0. The van der Waals surface area contributed by atoms with Crippen molar-refractivity contribution in [3.63, 3.8) is 0 Å². The fourth-order valence-corrected chi connectivity index (χ4v) is 3.12. The van der Waals surface area contributed by atoms with Gasteiger partial charge < -0.3 is 14.8 Å². The van der Waals surface area contributed by atoms with Gasteiger partial charge in [0.25, 0.3) is 0 Å². The van der Waals surface area contributed by atoms with Gasteiger partial charge in [-0.3, -0.25) is 4.79 Å². The lowest BCUT2D eigenvalue weighted by molar-refractivity contribution is -0.115. The summed E-state index contributed by atoms with van der Waals surface area (Å²) in [6.07, 6.45) is 1.54. The van der Waals surface area contributed by atoms with Crippen molar-refractivity contribution in [2.75, 3.05) is 18.5 Å². The number of fused-ring (bicyclic) bond motifs is 2. The van der Waals surface area contributed by atoms with Crippen molar-refractivity contribution in [2.45, 2.75) is 19.3 Å². The fraction of sp³-hybridized carbons (Fsp3) is 0.278. The molecule has 4 nitrogen and oxygen atoms in total. The van der Waals surface area contributed by atoms with Crippen LogP contribution in [-0.4, -0.2) is 19.1 Å². The van der Waals surface area contributed by atoms with Gasteiger partial charge in [0.15, 0.2) is 0 Å². The minimum Gasteiger partial charge on any atom is -0.493 e. The average Bonchev–Trinajstić information content (AvgIpc) is 3.18. The lowest BCUT2D eigenvalue weighted by Crippen LogP contribution is -2.16. The quantitative estimate of drug-likeness (QED) is 0.948. The summed E-state index contributed by atoms with van der Waals surface area (Å²) in [5, 5.41) is 2.91. The van der Waals surface area contributed by atoms with Gasteiger partial charge in [0, 0.05) is 24.0 Å². The minimum atomic E-state index is -0.370. The summed E-state index contributed by atoms with van der Waals surface area (Å²) >= 11 is 0. The number of halogens is 1. The number of anilines is 1. The molecule has 0 aliphatic carbocycles. The second-order valence-electron chi connectivity index (χ2n) is 5.73. The zero-order valence-corrected chi connectivity index (χ0v) is 12.5. The molecule has 0 unspecified atom stereocenters. The molecule has 2 aromatic rings. The van der Waals surface area contributed by atoms with E-state index in [1.165, 1.54) is 6.07 Å². The number of carbonyl (C=O) groups is 1. The van der Waals surface area contributed by atoms with Gasteiger partial charge in [-0.05, 0) is 17.7 Å². The Morgan fingerprint density at radius 1 is 1.17 bits per heavy atom. The number of benzene rings is 2. The van der Waals surface area contributed by atoms with E-state index in [0.717, 1.165) is 35.5 Å². The van der Waals surface area contributed by atoms with Gasteiger partial charge in [0.1, 0.15) is 17.3 Å². The normalized spacial score (nSPS) is 14.7. The first-order valence-electron chi connectivity index (χ1n) is 7.70. The number of hydrogen-bond acceptors (Lipinski definition) is 3. The van der Waals surface area contributed by atoms with Crippen molar-refractivity contribution >= 4 is 11.6 Å². The maximum Gasteiger partial charge on any atom is 0.229 e. The number of hydrogen-bond donors (Lipinski definition) is 1. The minimum absolute atomic E-state index is 0.00796. The second-order valence-corrected chi connectivity index (χ2v) is 5.73. The molecule has 1 N–H and O–H groups in total. The van der Waals surface area contributed by atoms with Gasteiger partial charge in [0.05, 0.1) is 25.3 Å². The van der Waals surface area contributed by atoms with Gasteiger partial charge in [0.2, 0.25) is 5.91 Å². The molecule has 0 saturated heterocycles. The topological polar surface area (TPSA) is 47.6 Å². The third-order valence-corrected chi connectivity index (χ3v) is 4.22. The zero-order valence-electron chi connectivity index (χ0n) is 12.5. The van der Waals surface area contributed by atoms with E-state index in [1.807, 2.05) is 6.07 Å². The molecular formula is C18H16FNO3.